The molecule has 0 saturated carbocycles. The summed E-state index contributed by atoms with van der Waals surface area (Å²) in [6.07, 6.45) is 1.61. The van der Waals surface area contributed by atoms with Crippen molar-refractivity contribution >= 4 is 5.96 Å². The maximum absolute atomic E-state index is 5.60. The molecule has 1 heterocycles. The Morgan fingerprint density at radius 1 is 1.31 bits per heavy atom. The molecule has 0 saturated heterocycles. The standard InChI is InChI=1S/C19H30N6O/c1-6-20-18(22-12-16(26-5)19(2,3)4)21-11-14-8-7-9-15(10-14)17-23-13-24-25-17/h7-10,13,16H,6,11-12H2,1-5H3,(H2,20,21,22)(H,23,24,25). The summed E-state index contributed by atoms with van der Waals surface area (Å²) in [7, 11) is 1.75. The molecule has 142 valence electrons. The Balaban J connectivity index is 2.03. The molecule has 0 amide bonds. The first-order valence-electron chi connectivity index (χ1n) is 8.93. The van der Waals surface area contributed by atoms with Crippen LogP contribution in [-0.2, 0) is 11.3 Å². The summed E-state index contributed by atoms with van der Waals surface area (Å²) in [6.45, 7) is 10.6. The Hall–Kier alpha value is -2.41. The molecule has 2 aromatic rings. The second-order valence-corrected chi connectivity index (χ2v) is 7.20. The van der Waals surface area contributed by atoms with Crippen molar-refractivity contribution in [2.24, 2.45) is 10.4 Å². The first kappa shape index (κ1) is 19.9. The van der Waals surface area contributed by atoms with Gasteiger partial charge in [0, 0.05) is 25.8 Å². The van der Waals surface area contributed by atoms with E-state index in [1.54, 1.807) is 7.11 Å². The van der Waals surface area contributed by atoms with Crippen LogP contribution in [-0.4, -0.2) is 47.4 Å². The lowest BCUT2D eigenvalue weighted by molar-refractivity contribution is 0.0205. The fraction of sp³-hybridized carbons (Fsp3) is 0.526. The van der Waals surface area contributed by atoms with Gasteiger partial charge in [-0.15, -0.1) is 0 Å². The van der Waals surface area contributed by atoms with Crippen molar-refractivity contribution in [1.29, 1.82) is 0 Å². The van der Waals surface area contributed by atoms with Gasteiger partial charge in [0.2, 0.25) is 0 Å². The molecule has 1 atom stereocenters. The van der Waals surface area contributed by atoms with Gasteiger partial charge in [-0.1, -0.05) is 39.0 Å². The van der Waals surface area contributed by atoms with Gasteiger partial charge < -0.3 is 15.4 Å². The highest BCUT2D eigenvalue weighted by Crippen LogP contribution is 2.21. The summed E-state index contributed by atoms with van der Waals surface area (Å²) in [5.41, 5.74) is 2.17. The van der Waals surface area contributed by atoms with Gasteiger partial charge in [0.25, 0.3) is 0 Å². The van der Waals surface area contributed by atoms with Crippen molar-refractivity contribution in [1.82, 2.24) is 25.8 Å². The Bertz CT molecular complexity index is 690. The molecule has 1 unspecified atom stereocenters. The number of methoxy groups -OCH3 is 1. The highest BCUT2D eigenvalue weighted by molar-refractivity contribution is 5.79. The van der Waals surface area contributed by atoms with Crippen LogP contribution in [0.1, 0.15) is 33.3 Å². The van der Waals surface area contributed by atoms with Gasteiger partial charge in [-0.2, -0.15) is 5.10 Å². The highest BCUT2D eigenvalue weighted by atomic mass is 16.5. The minimum Gasteiger partial charge on any atom is -0.379 e. The molecular formula is C19H30N6O. The molecular weight excluding hydrogens is 328 g/mol. The fourth-order valence-electron chi connectivity index (χ4n) is 2.61. The third-order valence-corrected chi connectivity index (χ3v) is 4.08. The number of ether oxygens (including phenoxy) is 1. The first-order valence-corrected chi connectivity index (χ1v) is 8.93. The molecule has 0 aliphatic heterocycles. The number of H-pyrrole nitrogens is 1. The van der Waals surface area contributed by atoms with E-state index in [-0.39, 0.29) is 11.5 Å². The topological polar surface area (TPSA) is 87.2 Å². The predicted molar refractivity (Wildman–Crippen MR) is 105 cm³/mol. The molecule has 2 rings (SSSR count). The van der Waals surface area contributed by atoms with Crippen LogP contribution in [0.15, 0.2) is 35.6 Å². The summed E-state index contributed by atoms with van der Waals surface area (Å²) in [5.74, 6) is 1.54. The number of hydrogen-bond donors (Lipinski definition) is 3. The Labute approximate surface area is 155 Å². The molecule has 0 bridgehead atoms. The molecule has 7 heteroatoms. The minimum absolute atomic E-state index is 0.0600. The fourth-order valence-corrected chi connectivity index (χ4v) is 2.61. The normalized spacial score (nSPS) is 13.5. The van der Waals surface area contributed by atoms with Crippen molar-refractivity contribution in [3.63, 3.8) is 0 Å². The van der Waals surface area contributed by atoms with Gasteiger partial charge in [0.05, 0.1) is 12.6 Å². The summed E-state index contributed by atoms with van der Waals surface area (Å²) in [6, 6.07) is 8.13. The van der Waals surface area contributed by atoms with Crippen molar-refractivity contribution in [3.05, 3.63) is 36.2 Å². The van der Waals surface area contributed by atoms with Crippen molar-refractivity contribution < 1.29 is 4.74 Å². The first-order chi connectivity index (χ1) is 12.4. The van der Waals surface area contributed by atoms with Crippen LogP contribution >= 0.6 is 0 Å². The lowest BCUT2D eigenvalue weighted by Gasteiger charge is -2.30. The maximum Gasteiger partial charge on any atom is 0.191 e. The van der Waals surface area contributed by atoms with Crippen LogP contribution in [0.3, 0.4) is 0 Å². The number of aromatic amines is 1. The average Bonchev–Trinajstić information content (AvgIpc) is 3.14. The van der Waals surface area contributed by atoms with E-state index in [1.807, 2.05) is 12.1 Å². The third-order valence-electron chi connectivity index (χ3n) is 4.08. The molecule has 0 radical (unpaired) electrons. The zero-order chi connectivity index (χ0) is 19.0. The predicted octanol–water partition coefficient (Wildman–Crippen LogP) is 2.59. The summed E-state index contributed by atoms with van der Waals surface area (Å²) in [5, 5.41) is 13.4. The molecule has 0 fully saturated rings. The van der Waals surface area contributed by atoms with Crippen LogP contribution < -0.4 is 10.6 Å². The number of benzene rings is 1. The summed E-state index contributed by atoms with van der Waals surface area (Å²) >= 11 is 0. The SMILES string of the molecule is CCNC(=NCc1cccc(-c2ncn[nH]2)c1)NCC(OC)C(C)(C)C. The second kappa shape index (κ2) is 9.33. The van der Waals surface area contributed by atoms with Crippen LogP contribution in [0.25, 0.3) is 11.4 Å². The van der Waals surface area contributed by atoms with Gasteiger partial charge in [-0.05, 0) is 24.0 Å². The van der Waals surface area contributed by atoms with Crippen LogP contribution in [0.2, 0.25) is 0 Å². The Morgan fingerprint density at radius 3 is 2.73 bits per heavy atom. The van der Waals surface area contributed by atoms with E-state index in [1.165, 1.54) is 6.33 Å². The molecule has 26 heavy (non-hydrogen) atoms. The molecule has 0 spiro atoms. The van der Waals surface area contributed by atoms with E-state index in [2.05, 4.69) is 70.6 Å². The van der Waals surface area contributed by atoms with Crippen molar-refractivity contribution in [3.8, 4) is 11.4 Å². The highest BCUT2D eigenvalue weighted by Gasteiger charge is 2.24. The monoisotopic (exact) mass is 358 g/mol. The number of hydrogen-bond acceptors (Lipinski definition) is 4. The average molecular weight is 358 g/mol. The van der Waals surface area contributed by atoms with E-state index in [0.29, 0.717) is 13.1 Å². The van der Waals surface area contributed by atoms with Crippen LogP contribution in [0.5, 0.6) is 0 Å². The number of rotatable bonds is 7. The lowest BCUT2D eigenvalue weighted by Crippen LogP contribution is -2.45. The van der Waals surface area contributed by atoms with E-state index < -0.39 is 0 Å². The number of nitrogens with one attached hydrogen (secondary N) is 3. The molecule has 7 nitrogen and oxygen atoms in total. The van der Waals surface area contributed by atoms with Gasteiger partial charge in [0.1, 0.15) is 6.33 Å². The van der Waals surface area contributed by atoms with Gasteiger partial charge in [0.15, 0.2) is 11.8 Å². The number of nitrogens with zero attached hydrogens (tertiary/aromatic N) is 3. The largest absolute Gasteiger partial charge is 0.379 e. The van der Waals surface area contributed by atoms with Crippen molar-refractivity contribution in [2.75, 3.05) is 20.2 Å². The maximum atomic E-state index is 5.60. The van der Waals surface area contributed by atoms with E-state index in [9.17, 15) is 0 Å². The lowest BCUT2D eigenvalue weighted by atomic mass is 9.89. The zero-order valence-electron chi connectivity index (χ0n) is 16.3. The Kier molecular flexibility index (Phi) is 7.15. The zero-order valence-corrected chi connectivity index (χ0v) is 16.3. The Morgan fingerprint density at radius 2 is 2.12 bits per heavy atom. The molecule has 1 aromatic heterocycles. The van der Waals surface area contributed by atoms with Gasteiger partial charge >= 0.3 is 0 Å². The molecule has 1 aromatic carbocycles. The van der Waals surface area contributed by atoms with E-state index in [4.69, 9.17) is 4.74 Å². The van der Waals surface area contributed by atoms with Gasteiger partial charge in [-0.25, -0.2) is 9.98 Å². The summed E-state index contributed by atoms with van der Waals surface area (Å²) < 4.78 is 5.60. The number of aliphatic imine (C=N–C) groups is 1. The van der Waals surface area contributed by atoms with Crippen molar-refractivity contribution in [2.45, 2.75) is 40.3 Å². The number of guanidine groups is 1. The molecule has 0 aliphatic rings. The molecule has 0 aliphatic carbocycles. The van der Waals surface area contributed by atoms with Crippen LogP contribution in [0, 0.1) is 5.41 Å². The number of aromatic nitrogens is 3. The van der Waals surface area contributed by atoms with Gasteiger partial charge in [-0.3, -0.25) is 5.10 Å². The summed E-state index contributed by atoms with van der Waals surface area (Å²) in [4.78, 5) is 8.88. The van der Waals surface area contributed by atoms with E-state index >= 15 is 0 Å². The third kappa shape index (κ3) is 5.84. The smallest absolute Gasteiger partial charge is 0.191 e. The van der Waals surface area contributed by atoms with E-state index in [0.717, 1.165) is 29.5 Å². The molecule has 3 N–H and O–H groups in total. The second-order valence-electron chi connectivity index (χ2n) is 7.20. The quantitative estimate of drug-likeness (QED) is 0.523. The minimum atomic E-state index is 0.0600. The van der Waals surface area contributed by atoms with Crippen LogP contribution in [0.4, 0.5) is 0 Å².